The average molecular weight is 331 g/mol. The highest BCUT2D eigenvalue weighted by Gasteiger charge is 2.13. The summed E-state index contributed by atoms with van der Waals surface area (Å²) in [6, 6.07) is 5.52. The summed E-state index contributed by atoms with van der Waals surface area (Å²) in [6.07, 6.45) is 1.01. The summed E-state index contributed by atoms with van der Waals surface area (Å²) in [4.78, 5) is 0. The SMILES string of the molecule is CCCn1c(CN)nnc1SCc1c(Cl)cccc1Cl. The summed E-state index contributed by atoms with van der Waals surface area (Å²) in [5.41, 5.74) is 6.59. The number of thioether (sulfide) groups is 1. The van der Waals surface area contributed by atoms with Gasteiger partial charge in [-0.25, -0.2) is 0 Å². The largest absolute Gasteiger partial charge is 0.324 e. The Balaban J connectivity index is 2.17. The topological polar surface area (TPSA) is 56.7 Å². The molecule has 1 aromatic heterocycles. The molecule has 0 saturated carbocycles. The van der Waals surface area contributed by atoms with Gasteiger partial charge in [0.1, 0.15) is 5.82 Å². The van der Waals surface area contributed by atoms with Crippen LogP contribution in [0.25, 0.3) is 0 Å². The van der Waals surface area contributed by atoms with Gasteiger partial charge in [-0.15, -0.1) is 10.2 Å². The molecule has 4 nitrogen and oxygen atoms in total. The molecule has 0 aliphatic rings. The second-order valence-corrected chi connectivity index (χ2v) is 6.00. The lowest BCUT2D eigenvalue weighted by Gasteiger charge is -2.09. The molecule has 108 valence electrons. The quantitative estimate of drug-likeness (QED) is 0.819. The van der Waals surface area contributed by atoms with Crippen LogP contribution in [-0.4, -0.2) is 14.8 Å². The normalized spacial score (nSPS) is 11.0. The molecule has 0 bridgehead atoms. The van der Waals surface area contributed by atoms with Crippen LogP contribution >= 0.6 is 35.0 Å². The Morgan fingerprint density at radius 2 is 1.95 bits per heavy atom. The Bertz CT molecular complexity index is 565. The van der Waals surface area contributed by atoms with Gasteiger partial charge in [0.05, 0.1) is 6.54 Å². The first kappa shape index (κ1) is 15.6. The highest BCUT2D eigenvalue weighted by atomic mass is 35.5. The van der Waals surface area contributed by atoms with E-state index < -0.39 is 0 Å². The second-order valence-electron chi connectivity index (χ2n) is 4.24. The van der Waals surface area contributed by atoms with Gasteiger partial charge in [-0.1, -0.05) is 48.0 Å². The van der Waals surface area contributed by atoms with Crippen molar-refractivity contribution in [1.82, 2.24) is 14.8 Å². The van der Waals surface area contributed by atoms with E-state index in [1.54, 1.807) is 11.8 Å². The van der Waals surface area contributed by atoms with Crippen LogP contribution in [0.1, 0.15) is 24.7 Å². The molecule has 0 unspecified atom stereocenters. The minimum Gasteiger partial charge on any atom is -0.324 e. The summed E-state index contributed by atoms with van der Waals surface area (Å²) in [5.74, 6) is 1.46. The molecule has 2 rings (SSSR count). The molecule has 20 heavy (non-hydrogen) atoms. The van der Waals surface area contributed by atoms with Crippen molar-refractivity contribution < 1.29 is 0 Å². The van der Waals surface area contributed by atoms with Gasteiger partial charge in [0, 0.05) is 22.3 Å². The van der Waals surface area contributed by atoms with Crippen molar-refractivity contribution in [3.8, 4) is 0 Å². The molecule has 0 spiro atoms. The highest BCUT2D eigenvalue weighted by Crippen LogP contribution is 2.31. The van der Waals surface area contributed by atoms with Gasteiger partial charge in [-0.2, -0.15) is 0 Å². The molecule has 0 aliphatic heterocycles. The summed E-state index contributed by atoms with van der Waals surface area (Å²) >= 11 is 13.9. The van der Waals surface area contributed by atoms with Crippen molar-refractivity contribution in [2.45, 2.75) is 37.3 Å². The number of hydrogen-bond acceptors (Lipinski definition) is 4. The molecule has 0 saturated heterocycles. The van der Waals surface area contributed by atoms with Gasteiger partial charge >= 0.3 is 0 Å². The fourth-order valence-electron chi connectivity index (χ4n) is 1.83. The number of nitrogens with two attached hydrogens (primary N) is 1. The van der Waals surface area contributed by atoms with Crippen LogP contribution in [-0.2, 0) is 18.8 Å². The molecule has 0 amide bonds. The third-order valence-electron chi connectivity index (χ3n) is 2.83. The van der Waals surface area contributed by atoms with E-state index in [2.05, 4.69) is 21.7 Å². The van der Waals surface area contributed by atoms with Crippen LogP contribution in [0.15, 0.2) is 23.4 Å². The maximum absolute atomic E-state index is 6.17. The molecule has 7 heteroatoms. The van der Waals surface area contributed by atoms with Crippen molar-refractivity contribution in [3.63, 3.8) is 0 Å². The zero-order valence-corrected chi connectivity index (χ0v) is 13.5. The molecular weight excluding hydrogens is 315 g/mol. The van der Waals surface area contributed by atoms with Crippen molar-refractivity contribution >= 4 is 35.0 Å². The first-order valence-electron chi connectivity index (χ1n) is 6.35. The van der Waals surface area contributed by atoms with Gasteiger partial charge in [0.15, 0.2) is 5.16 Å². The molecule has 0 radical (unpaired) electrons. The second kappa shape index (κ2) is 7.31. The smallest absolute Gasteiger partial charge is 0.191 e. The molecule has 1 heterocycles. The predicted octanol–water partition coefficient (Wildman–Crippen LogP) is 3.75. The number of rotatable bonds is 6. The van der Waals surface area contributed by atoms with Gasteiger partial charge in [0.2, 0.25) is 0 Å². The van der Waals surface area contributed by atoms with Crippen molar-refractivity contribution in [2.75, 3.05) is 0 Å². The number of hydrogen-bond donors (Lipinski definition) is 1. The van der Waals surface area contributed by atoms with Crippen molar-refractivity contribution in [1.29, 1.82) is 0 Å². The molecule has 2 N–H and O–H groups in total. The van der Waals surface area contributed by atoms with E-state index in [4.69, 9.17) is 28.9 Å². The fraction of sp³-hybridized carbons (Fsp3) is 0.385. The van der Waals surface area contributed by atoms with Crippen LogP contribution < -0.4 is 5.73 Å². The first-order chi connectivity index (χ1) is 9.67. The van der Waals surface area contributed by atoms with Gasteiger partial charge in [-0.05, 0) is 24.1 Å². The highest BCUT2D eigenvalue weighted by molar-refractivity contribution is 7.98. The zero-order chi connectivity index (χ0) is 14.5. The molecular formula is C13H16Cl2N4S. The standard InChI is InChI=1S/C13H16Cl2N4S/c1-2-6-19-12(7-16)17-18-13(19)20-8-9-10(14)4-3-5-11(9)15/h3-5H,2,6-8,16H2,1H3. The van der Waals surface area contributed by atoms with Crippen LogP contribution in [0.5, 0.6) is 0 Å². The van der Waals surface area contributed by atoms with E-state index >= 15 is 0 Å². The monoisotopic (exact) mass is 330 g/mol. The van der Waals surface area contributed by atoms with Gasteiger partial charge in [0.25, 0.3) is 0 Å². The summed E-state index contributed by atoms with van der Waals surface area (Å²) in [5, 5.41) is 10.5. The number of benzene rings is 1. The Hall–Kier alpha value is -0.750. The summed E-state index contributed by atoms with van der Waals surface area (Å²) in [6.45, 7) is 3.36. The van der Waals surface area contributed by atoms with E-state index in [1.807, 2.05) is 18.2 Å². The third-order valence-corrected chi connectivity index (χ3v) is 4.53. The Kier molecular flexibility index (Phi) is 5.72. The van der Waals surface area contributed by atoms with E-state index in [1.165, 1.54) is 0 Å². The molecule has 0 fully saturated rings. The van der Waals surface area contributed by atoms with Crippen LogP contribution in [0.4, 0.5) is 0 Å². The summed E-state index contributed by atoms with van der Waals surface area (Å²) in [7, 11) is 0. The van der Waals surface area contributed by atoms with Gasteiger partial charge < -0.3 is 10.3 Å². The third kappa shape index (κ3) is 3.47. The van der Waals surface area contributed by atoms with E-state index in [9.17, 15) is 0 Å². The fourth-order valence-corrected chi connectivity index (χ4v) is 3.56. The van der Waals surface area contributed by atoms with E-state index in [0.717, 1.165) is 29.5 Å². The van der Waals surface area contributed by atoms with Crippen LogP contribution in [0.2, 0.25) is 10.0 Å². The number of halogens is 2. The minimum absolute atomic E-state index is 0.389. The maximum atomic E-state index is 6.17. The molecule has 0 aliphatic carbocycles. The van der Waals surface area contributed by atoms with Crippen LogP contribution in [0.3, 0.4) is 0 Å². The minimum atomic E-state index is 0.389. The van der Waals surface area contributed by atoms with Crippen molar-refractivity contribution in [3.05, 3.63) is 39.6 Å². The van der Waals surface area contributed by atoms with Gasteiger partial charge in [-0.3, -0.25) is 0 Å². The Morgan fingerprint density at radius 3 is 2.55 bits per heavy atom. The average Bonchev–Trinajstić information content (AvgIpc) is 2.81. The van der Waals surface area contributed by atoms with E-state index in [-0.39, 0.29) is 0 Å². The number of aromatic nitrogens is 3. The zero-order valence-electron chi connectivity index (χ0n) is 11.1. The van der Waals surface area contributed by atoms with Crippen LogP contribution in [0, 0.1) is 0 Å². The first-order valence-corrected chi connectivity index (χ1v) is 8.09. The lowest BCUT2D eigenvalue weighted by atomic mass is 10.2. The molecule has 2 aromatic rings. The number of nitrogens with zero attached hydrogens (tertiary/aromatic N) is 3. The van der Waals surface area contributed by atoms with Crippen molar-refractivity contribution in [2.24, 2.45) is 5.73 Å². The Labute approximate surface area is 132 Å². The predicted molar refractivity (Wildman–Crippen MR) is 84.2 cm³/mol. The lowest BCUT2D eigenvalue weighted by molar-refractivity contribution is 0.592. The maximum Gasteiger partial charge on any atom is 0.191 e. The van der Waals surface area contributed by atoms with E-state index in [0.29, 0.717) is 22.3 Å². The molecule has 1 aromatic carbocycles. The lowest BCUT2D eigenvalue weighted by Crippen LogP contribution is -2.09. The molecule has 0 atom stereocenters. The summed E-state index contributed by atoms with van der Waals surface area (Å²) < 4.78 is 2.05. The Morgan fingerprint density at radius 1 is 1.25 bits per heavy atom.